The molecule has 1 aromatic heterocycles. The second kappa shape index (κ2) is 5.99. The molecule has 0 bridgehead atoms. The molecule has 2 aromatic rings. The van der Waals surface area contributed by atoms with Gasteiger partial charge in [0.1, 0.15) is 12.1 Å². The van der Waals surface area contributed by atoms with Crippen LogP contribution in [0.1, 0.15) is 6.42 Å². The van der Waals surface area contributed by atoms with E-state index in [4.69, 9.17) is 4.74 Å². The third-order valence-corrected chi connectivity index (χ3v) is 4.04. The van der Waals surface area contributed by atoms with E-state index in [1.807, 2.05) is 12.1 Å². The molecule has 5 heteroatoms. The number of likely N-dealkylation sites (N-methyl/N-ethyl adjacent to an activating group) is 1. The van der Waals surface area contributed by atoms with Crippen LogP contribution in [0.5, 0.6) is 5.88 Å². The summed E-state index contributed by atoms with van der Waals surface area (Å²) in [6.07, 6.45) is 2.68. The zero-order valence-electron chi connectivity index (χ0n) is 12.4. The number of anilines is 2. The number of para-hydroxylation sites is 1. The maximum atomic E-state index is 5.17. The molecule has 0 saturated carbocycles. The predicted octanol–water partition coefficient (Wildman–Crippen LogP) is 2.20. The van der Waals surface area contributed by atoms with Crippen molar-refractivity contribution in [3.63, 3.8) is 0 Å². The first-order valence-electron chi connectivity index (χ1n) is 7.17. The fourth-order valence-electron chi connectivity index (χ4n) is 2.75. The largest absolute Gasteiger partial charge is 0.481 e. The lowest BCUT2D eigenvalue weighted by Gasteiger charge is -2.27. The Morgan fingerprint density at radius 1 is 1.24 bits per heavy atom. The summed E-state index contributed by atoms with van der Waals surface area (Å²) in [7, 11) is 3.78. The molecular weight excluding hydrogens is 264 g/mol. The zero-order chi connectivity index (χ0) is 14.7. The third-order valence-electron chi connectivity index (χ3n) is 4.04. The highest BCUT2D eigenvalue weighted by Crippen LogP contribution is 2.25. The van der Waals surface area contributed by atoms with Crippen molar-refractivity contribution >= 4 is 11.5 Å². The molecule has 1 aromatic carbocycles. The van der Waals surface area contributed by atoms with Crippen molar-refractivity contribution in [3.8, 4) is 5.88 Å². The SMILES string of the molecule is COc1cc(N2CCC(N(C)c3ccccc3)C2)ncn1. The molecule has 0 aliphatic carbocycles. The minimum absolute atomic E-state index is 0.494. The van der Waals surface area contributed by atoms with Gasteiger partial charge in [0.05, 0.1) is 7.11 Å². The van der Waals surface area contributed by atoms with Crippen LogP contribution in [0.4, 0.5) is 11.5 Å². The number of rotatable bonds is 4. The fourth-order valence-corrected chi connectivity index (χ4v) is 2.75. The summed E-state index contributed by atoms with van der Waals surface area (Å²) in [4.78, 5) is 13.0. The van der Waals surface area contributed by atoms with E-state index in [2.05, 4.69) is 51.1 Å². The Bertz CT molecular complexity index is 590. The Morgan fingerprint density at radius 2 is 2.05 bits per heavy atom. The van der Waals surface area contributed by atoms with E-state index in [0.29, 0.717) is 11.9 Å². The van der Waals surface area contributed by atoms with Gasteiger partial charge in [-0.15, -0.1) is 0 Å². The molecule has 1 saturated heterocycles. The van der Waals surface area contributed by atoms with Crippen molar-refractivity contribution in [2.75, 3.05) is 37.0 Å². The molecule has 0 spiro atoms. The van der Waals surface area contributed by atoms with E-state index in [1.165, 1.54) is 5.69 Å². The van der Waals surface area contributed by atoms with E-state index >= 15 is 0 Å². The number of ether oxygens (including phenoxy) is 1. The highest BCUT2D eigenvalue weighted by molar-refractivity contribution is 5.49. The predicted molar refractivity (Wildman–Crippen MR) is 84.0 cm³/mol. The van der Waals surface area contributed by atoms with E-state index in [0.717, 1.165) is 25.3 Å². The Hall–Kier alpha value is -2.30. The molecule has 1 atom stereocenters. The Kier molecular flexibility index (Phi) is 3.90. The molecule has 2 heterocycles. The second-order valence-corrected chi connectivity index (χ2v) is 5.25. The van der Waals surface area contributed by atoms with E-state index < -0.39 is 0 Å². The Morgan fingerprint density at radius 3 is 2.81 bits per heavy atom. The zero-order valence-corrected chi connectivity index (χ0v) is 12.4. The normalized spacial score (nSPS) is 17.8. The van der Waals surface area contributed by atoms with Gasteiger partial charge >= 0.3 is 0 Å². The lowest BCUT2D eigenvalue weighted by molar-refractivity contribution is 0.397. The average molecular weight is 284 g/mol. The third kappa shape index (κ3) is 2.91. The van der Waals surface area contributed by atoms with Crippen LogP contribution in [0.15, 0.2) is 42.7 Å². The number of hydrogen-bond acceptors (Lipinski definition) is 5. The molecule has 110 valence electrons. The lowest BCUT2D eigenvalue weighted by atomic mass is 10.2. The van der Waals surface area contributed by atoms with Gasteiger partial charge in [-0.05, 0) is 18.6 Å². The Labute approximate surface area is 125 Å². The smallest absolute Gasteiger partial charge is 0.218 e. The monoisotopic (exact) mass is 284 g/mol. The van der Waals surface area contributed by atoms with Gasteiger partial charge < -0.3 is 14.5 Å². The van der Waals surface area contributed by atoms with Crippen LogP contribution >= 0.6 is 0 Å². The first-order chi connectivity index (χ1) is 10.3. The van der Waals surface area contributed by atoms with E-state index in [9.17, 15) is 0 Å². The summed E-state index contributed by atoms with van der Waals surface area (Å²) >= 11 is 0. The van der Waals surface area contributed by atoms with Crippen molar-refractivity contribution in [2.45, 2.75) is 12.5 Å². The molecule has 1 aliphatic rings. The van der Waals surface area contributed by atoms with Gasteiger partial charge in [-0.3, -0.25) is 0 Å². The topological polar surface area (TPSA) is 41.5 Å². The number of aromatic nitrogens is 2. The molecule has 0 radical (unpaired) electrons. The van der Waals surface area contributed by atoms with Gasteiger partial charge in [0.25, 0.3) is 0 Å². The van der Waals surface area contributed by atoms with Crippen molar-refractivity contribution in [3.05, 3.63) is 42.7 Å². The molecule has 3 rings (SSSR count). The highest BCUT2D eigenvalue weighted by Gasteiger charge is 2.27. The van der Waals surface area contributed by atoms with Crippen LogP contribution in [0, 0.1) is 0 Å². The molecule has 21 heavy (non-hydrogen) atoms. The summed E-state index contributed by atoms with van der Waals surface area (Å²) in [5.41, 5.74) is 1.25. The number of nitrogens with zero attached hydrogens (tertiary/aromatic N) is 4. The maximum absolute atomic E-state index is 5.17. The van der Waals surface area contributed by atoms with Crippen molar-refractivity contribution in [1.82, 2.24) is 9.97 Å². The molecule has 0 N–H and O–H groups in total. The number of benzene rings is 1. The van der Waals surface area contributed by atoms with Gasteiger partial charge in [0.15, 0.2) is 0 Å². The molecular formula is C16H20N4O. The molecule has 5 nitrogen and oxygen atoms in total. The minimum atomic E-state index is 0.494. The molecule has 1 unspecified atom stereocenters. The van der Waals surface area contributed by atoms with Gasteiger partial charge in [-0.2, -0.15) is 0 Å². The van der Waals surface area contributed by atoms with Crippen molar-refractivity contribution in [1.29, 1.82) is 0 Å². The van der Waals surface area contributed by atoms with Crippen LogP contribution in [0.2, 0.25) is 0 Å². The highest BCUT2D eigenvalue weighted by atomic mass is 16.5. The summed E-state index contributed by atoms with van der Waals surface area (Å²) in [6.45, 7) is 1.97. The standard InChI is InChI=1S/C16H20N4O/c1-19(13-6-4-3-5-7-13)14-8-9-20(11-14)15-10-16(21-2)18-12-17-15/h3-7,10,12,14H,8-9,11H2,1-2H3. The first kappa shape index (κ1) is 13.7. The van der Waals surface area contributed by atoms with Gasteiger partial charge in [0, 0.05) is 37.9 Å². The van der Waals surface area contributed by atoms with Gasteiger partial charge in [0.2, 0.25) is 5.88 Å². The van der Waals surface area contributed by atoms with E-state index in [1.54, 1.807) is 13.4 Å². The van der Waals surface area contributed by atoms with Crippen LogP contribution in [-0.4, -0.2) is 43.3 Å². The van der Waals surface area contributed by atoms with Crippen molar-refractivity contribution in [2.24, 2.45) is 0 Å². The van der Waals surface area contributed by atoms with Crippen LogP contribution < -0.4 is 14.5 Å². The van der Waals surface area contributed by atoms with Gasteiger partial charge in [-0.1, -0.05) is 18.2 Å². The second-order valence-electron chi connectivity index (χ2n) is 5.25. The average Bonchev–Trinajstić information content (AvgIpc) is 3.05. The lowest BCUT2D eigenvalue weighted by Crippen LogP contribution is -2.34. The first-order valence-corrected chi connectivity index (χ1v) is 7.17. The summed E-state index contributed by atoms with van der Waals surface area (Å²) < 4.78 is 5.17. The number of hydrogen-bond donors (Lipinski definition) is 0. The molecule has 0 amide bonds. The fraction of sp³-hybridized carbons (Fsp3) is 0.375. The van der Waals surface area contributed by atoms with Crippen LogP contribution in [0.25, 0.3) is 0 Å². The van der Waals surface area contributed by atoms with E-state index in [-0.39, 0.29) is 0 Å². The van der Waals surface area contributed by atoms with Crippen LogP contribution in [0.3, 0.4) is 0 Å². The van der Waals surface area contributed by atoms with Crippen molar-refractivity contribution < 1.29 is 4.74 Å². The number of methoxy groups -OCH3 is 1. The molecule has 1 fully saturated rings. The Balaban J connectivity index is 1.70. The summed E-state index contributed by atoms with van der Waals surface area (Å²) in [5, 5.41) is 0. The van der Waals surface area contributed by atoms with Crippen LogP contribution in [-0.2, 0) is 0 Å². The maximum Gasteiger partial charge on any atom is 0.218 e. The summed E-state index contributed by atoms with van der Waals surface area (Å²) in [6, 6.07) is 12.9. The van der Waals surface area contributed by atoms with Gasteiger partial charge in [-0.25, -0.2) is 9.97 Å². The summed E-state index contributed by atoms with van der Waals surface area (Å²) in [5.74, 6) is 1.55. The molecule has 1 aliphatic heterocycles. The quantitative estimate of drug-likeness (QED) is 0.861. The minimum Gasteiger partial charge on any atom is -0.481 e.